The van der Waals surface area contributed by atoms with Gasteiger partial charge in [-0.3, -0.25) is 9.59 Å². The van der Waals surface area contributed by atoms with Gasteiger partial charge in [0.15, 0.2) is 11.6 Å². The molecule has 0 spiro atoms. The molecule has 0 N–H and O–H groups in total. The van der Waals surface area contributed by atoms with Crippen LogP contribution in [0.4, 0.5) is 0 Å². The molecule has 0 saturated heterocycles. The van der Waals surface area contributed by atoms with Crippen molar-refractivity contribution in [1.82, 2.24) is 0 Å². The molecule has 2 aliphatic carbocycles. The molecule has 0 atom stereocenters. The standard InChI is InChI=1S/C9H8O2/c10-8-5-9(11)7-4-2-1-3-6(7)8/h3-4H,1-2,5H2. The van der Waals surface area contributed by atoms with E-state index >= 15 is 0 Å². The van der Waals surface area contributed by atoms with Crippen molar-refractivity contribution in [3.05, 3.63) is 23.3 Å². The zero-order chi connectivity index (χ0) is 7.84. The predicted molar refractivity (Wildman–Crippen MR) is 40.0 cm³/mol. The smallest absolute Gasteiger partial charge is 0.171 e. The Hall–Kier alpha value is -1.18. The van der Waals surface area contributed by atoms with E-state index in [9.17, 15) is 9.59 Å². The van der Waals surface area contributed by atoms with Gasteiger partial charge in [-0.1, -0.05) is 12.2 Å². The number of carbonyl (C=O) groups excluding carboxylic acids is 2. The van der Waals surface area contributed by atoms with Gasteiger partial charge in [0.05, 0.1) is 6.42 Å². The van der Waals surface area contributed by atoms with Crippen molar-refractivity contribution < 1.29 is 9.59 Å². The number of hydrogen-bond donors (Lipinski definition) is 0. The van der Waals surface area contributed by atoms with Crippen molar-refractivity contribution in [2.24, 2.45) is 0 Å². The SMILES string of the molecule is O=C1CC(=O)C2=CCCC=C12. The number of hydrogen-bond acceptors (Lipinski definition) is 2. The zero-order valence-electron chi connectivity index (χ0n) is 6.09. The van der Waals surface area contributed by atoms with E-state index in [0.717, 1.165) is 12.8 Å². The lowest BCUT2D eigenvalue weighted by molar-refractivity contribution is -0.120. The number of rotatable bonds is 0. The highest BCUT2D eigenvalue weighted by atomic mass is 16.2. The van der Waals surface area contributed by atoms with Crippen LogP contribution in [0.1, 0.15) is 19.3 Å². The van der Waals surface area contributed by atoms with Crippen molar-refractivity contribution >= 4 is 11.6 Å². The minimum Gasteiger partial charge on any atom is -0.294 e. The fourth-order valence-corrected chi connectivity index (χ4v) is 1.54. The third-order valence-corrected chi connectivity index (χ3v) is 2.08. The van der Waals surface area contributed by atoms with E-state index in [-0.39, 0.29) is 18.0 Å². The summed E-state index contributed by atoms with van der Waals surface area (Å²) >= 11 is 0. The van der Waals surface area contributed by atoms with Crippen LogP contribution in [-0.2, 0) is 9.59 Å². The summed E-state index contributed by atoms with van der Waals surface area (Å²) in [5.41, 5.74) is 1.34. The van der Waals surface area contributed by atoms with Gasteiger partial charge in [-0.05, 0) is 12.8 Å². The van der Waals surface area contributed by atoms with Crippen molar-refractivity contribution in [3.63, 3.8) is 0 Å². The van der Waals surface area contributed by atoms with E-state index in [4.69, 9.17) is 0 Å². The van der Waals surface area contributed by atoms with Gasteiger partial charge >= 0.3 is 0 Å². The van der Waals surface area contributed by atoms with Crippen LogP contribution < -0.4 is 0 Å². The van der Waals surface area contributed by atoms with Crippen LogP contribution in [0.3, 0.4) is 0 Å². The molecule has 2 heteroatoms. The molecule has 0 heterocycles. The summed E-state index contributed by atoms with van der Waals surface area (Å²) in [6.45, 7) is 0. The molecule has 0 aliphatic heterocycles. The second-order valence-corrected chi connectivity index (χ2v) is 2.84. The molecule has 0 amide bonds. The van der Waals surface area contributed by atoms with Gasteiger partial charge in [-0.2, -0.15) is 0 Å². The molecule has 11 heavy (non-hydrogen) atoms. The molecule has 1 fully saturated rings. The lowest BCUT2D eigenvalue weighted by Gasteiger charge is -2.03. The van der Waals surface area contributed by atoms with E-state index in [2.05, 4.69) is 0 Å². The first-order chi connectivity index (χ1) is 5.29. The van der Waals surface area contributed by atoms with Gasteiger partial charge in [0.2, 0.25) is 0 Å². The summed E-state index contributed by atoms with van der Waals surface area (Å²) in [6.07, 6.45) is 5.65. The number of allylic oxidation sites excluding steroid dienone is 4. The highest BCUT2D eigenvalue weighted by Gasteiger charge is 2.30. The quantitative estimate of drug-likeness (QED) is 0.483. The number of Topliss-reactive ketones (excluding diaryl/α,β-unsaturated/α-hetero) is 2. The van der Waals surface area contributed by atoms with E-state index in [0.29, 0.717) is 11.1 Å². The van der Waals surface area contributed by atoms with E-state index in [1.807, 2.05) is 12.2 Å². The van der Waals surface area contributed by atoms with Crippen molar-refractivity contribution in [1.29, 1.82) is 0 Å². The Kier molecular flexibility index (Phi) is 1.28. The molecule has 56 valence electrons. The molecule has 1 saturated carbocycles. The van der Waals surface area contributed by atoms with Gasteiger partial charge < -0.3 is 0 Å². The monoisotopic (exact) mass is 148 g/mol. The van der Waals surface area contributed by atoms with Crippen molar-refractivity contribution in [3.8, 4) is 0 Å². The molecule has 0 radical (unpaired) electrons. The van der Waals surface area contributed by atoms with E-state index < -0.39 is 0 Å². The fraction of sp³-hybridized carbons (Fsp3) is 0.333. The van der Waals surface area contributed by atoms with Crippen LogP contribution in [0.25, 0.3) is 0 Å². The van der Waals surface area contributed by atoms with Crippen molar-refractivity contribution in [2.45, 2.75) is 19.3 Å². The summed E-state index contributed by atoms with van der Waals surface area (Å²) in [4.78, 5) is 22.2. The molecule has 2 aliphatic rings. The minimum absolute atomic E-state index is 0.000880. The lowest BCUT2D eigenvalue weighted by atomic mass is 10.0. The minimum atomic E-state index is 0.000880. The predicted octanol–water partition coefficient (Wildman–Crippen LogP) is 1.17. The first-order valence-electron chi connectivity index (χ1n) is 3.76. The Morgan fingerprint density at radius 3 is 1.82 bits per heavy atom. The Morgan fingerprint density at radius 1 is 0.909 bits per heavy atom. The van der Waals surface area contributed by atoms with Crippen LogP contribution in [0.15, 0.2) is 23.3 Å². The van der Waals surface area contributed by atoms with E-state index in [1.54, 1.807) is 0 Å². The molecule has 0 aromatic carbocycles. The average molecular weight is 148 g/mol. The first-order valence-corrected chi connectivity index (χ1v) is 3.76. The van der Waals surface area contributed by atoms with Gasteiger partial charge in [0.25, 0.3) is 0 Å². The molecule has 0 unspecified atom stereocenters. The zero-order valence-corrected chi connectivity index (χ0v) is 6.09. The molecule has 0 aromatic heterocycles. The maximum absolute atomic E-state index is 11.1. The first kappa shape index (κ1) is 6.53. The normalized spacial score (nSPS) is 22.9. The maximum Gasteiger partial charge on any atom is 0.171 e. The summed E-state index contributed by atoms with van der Waals surface area (Å²) < 4.78 is 0. The summed E-state index contributed by atoms with van der Waals surface area (Å²) in [5, 5.41) is 0. The topological polar surface area (TPSA) is 34.1 Å². The highest BCUT2D eigenvalue weighted by molar-refractivity contribution is 6.27. The highest BCUT2D eigenvalue weighted by Crippen LogP contribution is 2.28. The largest absolute Gasteiger partial charge is 0.294 e. The summed E-state index contributed by atoms with van der Waals surface area (Å²) in [7, 11) is 0. The third-order valence-electron chi connectivity index (χ3n) is 2.08. The Morgan fingerprint density at radius 2 is 1.36 bits per heavy atom. The van der Waals surface area contributed by atoms with Gasteiger partial charge in [-0.15, -0.1) is 0 Å². The molecule has 2 rings (SSSR count). The molecule has 2 nitrogen and oxygen atoms in total. The van der Waals surface area contributed by atoms with Gasteiger partial charge in [-0.25, -0.2) is 0 Å². The second kappa shape index (κ2) is 2.16. The fourth-order valence-electron chi connectivity index (χ4n) is 1.54. The summed E-state index contributed by atoms with van der Waals surface area (Å²) in [6, 6.07) is 0. The Labute approximate surface area is 64.6 Å². The Bertz CT molecular complexity index is 265. The van der Waals surface area contributed by atoms with Gasteiger partial charge in [0.1, 0.15) is 0 Å². The van der Waals surface area contributed by atoms with Gasteiger partial charge in [0, 0.05) is 11.1 Å². The van der Waals surface area contributed by atoms with Crippen molar-refractivity contribution in [2.75, 3.05) is 0 Å². The van der Waals surface area contributed by atoms with Crippen LogP contribution in [0.2, 0.25) is 0 Å². The molecular formula is C9H8O2. The second-order valence-electron chi connectivity index (χ2n) is 2.84. The molecule has 0 bridgehead atoms. The molecular weight excluding hydrogens is 140 g/mol. The Balaban J connectivity index is 2.49. The molecule has 0 aromatic rings. The van der Waals surface area contributed by atoms with Crippen LogP contribution in [-0.4, -0.2) is 11.6 Å². The van der Waals surface area contributed by atoms with Crippen LogP contribution in [0, 0.1) is 0 Å². The number of carbonyl (C=O) groups is 2. The average Bonchev–Trinajstić information content (AvgIpc) is 2.30. The maximum atomic E-state index is 11.1. The summed E-state index contributed by atoms with van der Waals surface area (Å²) in [5.74, 6) is 0.00176. The number of fused-ring (bicyclic) bond motifs is 1. The van der Waals surface area contributed by atoms with E-state index in [1.165, 1.54) is 0 Å². The van der Waals surface area contributed by atoms with Crippen LogP contribution in [0.5, 0.6) is 0 Å². The third kappa shape index (κ3) is 0.862. The lowest BCUT2D eigenvalue weighted by Crippen LogP contribution is -1.96. The van der Waals surface area contributed by atoms with Crippen LogP contribution >= 0.6 is 0 Å². The number of ketones is 2.